The van der Waals surface area contributed by atoms with Gasteiger partial charge in [0, 0.05) is 19.1 Å². The van der Waals surface area contributed by atoms with E-state index in [1.165, 1.54) is 19.3 Å². The number of hydrogen-bond acceptors (Lipinski definition) is 4. The van der Waals surface area contributed by atoms with Crippen molar-refractivity contribution in [1.82, 2.24) is 14.9 Å². The summed E-state index contributed by atoms with van der Waals surface area (Å²) >= 11 is 6.24. The van der Waals surface area contributed by atoms with E-state index in [9.17, 15) is 0 Å². The first-order valence-electron chi connectivity index (χ1n) is 6.75. The van der Waals surface area contributed by atoms with Gasteiger partial charge in [-0.3, -0.25) is 0 Å². The average Bonchev–Trinajstić information content (AvgIpc) is 2.27. The van der Waals surface area contributed by atoms with E-state index in [1.807, 2.05) is 20.9 Å². The number of aromatic nitrogens is 2. The highest BCUT2D eigenvalue weighted by molar-refractivity contribution is 6.31. The molecule has 1 aromatic heterocycles. The molecule has 1 aliphatic carbocycles. The van der Waals surface area contributed by atoms with E-state index in [1.54, 1.807) is 0 Å². The Morgan fingerprint density at radius 3 is 2.16 bits per heavy atom. The maximum absolute atomic E-state index is 6.24. The second kappa shape index (κ2) is 5.25. The average molecular weight is 283 g/mol. The van der Waals surface area contributed by atoms with E-state index < -0.39 is 0 Å². The van der Waals surface area contributed by atoms with E-state index in [0.717, 1.165) is 23.8 Å². The minimum absolute atomic E-state index is 0.262. The monoisotopic (exact) mass is 282 g/mol. The van der Waals surface area contributed by atoms with Gasteiger partial charge in [-0.05, 0) is 47.2 Å². The van der Waals surface area contributed by atoms with Gasteiger partial charge in [-0.2, -0.15) is 0 Å². The van der Waals surface area contributed by atoms with Crippen LogP contribution >= 0.6 is 11.6 Å². The fraction of sp³-hybridized carbons (Fsp3) is 0.714. The molecule has 0 atom stereocenters. The van der Waals surface area contributed by atoms with Gasteiger partial charge < -0.3 is 9.80 Å². The third kappa shape index (κ3) is 2.70. The lowest BCUT2D eigenvalue weighted by Gasteiger charge is -2.49. The van der Waals surface area contributed by atoms with Gasteiger partial charge in [0.15, 0.2) is 11.0 Å². The van der Waals surface area contributed by atoms with Gasteiger partial charge in [0.2, 0.25) is 0 Å². The van der Waals surface area contributed by atoms with Gasteiger partial charge in [-0.1, -0.05) is 11.6 Å². The second-order valence-corrected chi connectivity index (χ2v) is 6.20. The molecule has 1 heterocycles. The van der Waals surface area contributed by atoms with Crippen LogP contribution in [0.25, 0.3) is 0 Å². The molecule has 2 rings (SSSR count). The lowest BCUT2D eigenvalue weighted by molar-refractivity contribution is 0.0681. The Balaban J connectivity index is 2.20. The number of aryl methyl sites for hydroxylation is 2. The Morgan fingerprint density at radius 2 is 1.68 bits per heavy atom. The highest BCUT2D eigenvalue weighted by Crippen LogP contribution is 2.37. The molecule has 0 saturated heterocycles. The van der Waals surface area contributed by atoms with Gasteiger partial charge in [-0.25, -0.2) is 9.97 Å². The molecule has 0 amide bonds. The highest BCUT2D eigenvalue weighted by Gasteiger charge is 2.40. The Morgan fingerprint density at radius 1 is 1.11 bits per heavy atom. The molecular formula is C14H23ClN4. The predicted octanol–water partition coefficient (Wildman–Crippen LogP) is 2.67. The molecule has 1 aromatic rings. The summed E-state index contributed by atoms with van der Waals surface area (Å²) in [6, 6.07) is 0. The van der Waals surface area contributed by atoms with Crippen molar-refractivity contribution in [2.24, 2.45) is 0 Å². The van der Waals surface area contributed by atoms with E-state index >= 15 is 0 Å². The summed E-state index contributed by atoms with van der Waals surface area (Å²) in [7, 11) is 6.36. The van der Waals surface area contributed by atoms with Crippen LogP contribution in [0.5, 0.6) is 0 Å². The van der Waals surface area contributed by atoms with Crippen molar-refractivity contribution in [3.8, 4) is 0 Å². The molecule has 5 heteroatoms. The van der Waals surface area contributed by atoms with Gasteiger partial charge in [-0.15, -0.1) is 0 Å². The van der Waals surface area contributed by atoms with Gasteiger partial charge >= 0.3 is 0 Å². The Labute approximate surface area is 120 Å². The smallest absolute Gasteiger partial charge is 0.171 e. The Hall–Kier alpha value is -0.870. The largest absolute Gasteiger partial charge is 0.355 e. The molecule has 19 heavy (non-hydrogen) atoms. The molecule has 0 aromatic carbocycles. The van der Waals surface area contributed by atoms with Crippen LogP contribution in [0.1, 0.15) is 30.7 Å². The van der Waals surface area contributed by atoms with Crippen LogP contribution in [-0.2, 0) is 0 Å². The zero-order valence-corrected chi connectivity index (χ0v) is 13.3. The summed E-state index contributed by atoms with van der Waals surface area (Å²) in [4.78, 5) is 13.4. The summed E-state index contributed by atoms with van der Waals surface area (Å²) in [6.45, 7) is 4.85. The van der Waals surface area contributed by atoms with Gasteiger partial charge in [0.25, 0.3) is 0 Å². The third-order valence-corrected chi connectivity index (χ3v) is 4.63. The lowest BCUT2D eigenvalue weighted by Crippen LogP contribution is -2.57. The van der Waals surface area contributed by atoms with Crippen LogP contribution < -0.4 is 4.90 Å². The first-order valence-corrected chi connectivity index (χ1v) is 7.13. The first kappa shape index (κ1) is 14.5. The van der Waals surface area contributed by atoms with Crippen molar-refractivity contribution in [3.05, 3.63) is 16.5 Å². The van der Waals surface area contributed by atoms with Crippen molar-refractivity contribution in [2.75, 3.05) is 32.6 Å². The molecule has 1 saturated carbocycles. The number of hydrogen-bond donors (Lipinski definition) is 0. The summed E-state index contributed by atoms with van der Waals surface area (Å²) in [5.74, 6) is 0.790. The second-order valence-electron chi connectivity index (χ2n) is 5.84. The number of likely N-dealkylation sites (N-methyl/N-ethyl adjacent to an activating group) is 2. The fourth-order valence-electron chi connectivity index (χ4n) is 2.65. The summed E-state index contributed by atoms with van der Waals surface area (Å²) < 4.78 is 0. The number of halogens is 1. The molecule has 0 unspecified atom stereocenters. The first-order chi connectivity index (χ1) is 8.85. The lowest BCUT2D eigenvalue weighted by atomic mass is 9.75. The third-order valence-electron chi connectivity index (χ3n) is 4.37. The zero-order chi connectivity index (χ0) is 14.2. The van der Waals surface area contributed by atoms with Crippen LogP contribution in [0.4, 0.5) is 5.82 Å². The molecule has 1 fully saturated rings. The molecule has 1 aliphatic rings. The molecule has 0 bridgehead atoms. The summed E-state index contributed by atoms with van der Waals surface area (Å²) in [5, 5.41) is 0.499. The quantitative estimate of drug-likeness (QED) is 0.850. The van der Waals surface area contributed by atoms with Gasteiger partial charge in [0.05, 0.1) is 11.4 Å². The van der Waals surface area contributed by atoms with Crippen LogP contribution in [0.2, 0.25) is 5.15 Å². The Bertz CT molecular complexity index is 469. The van der Waals surface area contributed by atoms with Crippen LogP contribution in [0.15, 0.2) is 0 Å². The minimum atomic E-state index is 0.262. The maximum atomic E-state index is 6.24. The van der Waals surface area contributed by atoms with E-state index in [-0.39, 0.29) is 5.54 Å². The number of nitrogens with zero attached hydrogens (tertiary/aromatic N) is 4. The topological polar surface area (TPSA) is 32.3 Å². The van der Waals surface area contributed by atoms with E-state index in [0.29, 0.717) is 5.15 Å². The number of rotatable bonds is 4. The van der Waals surface area contributed by atoms with Crippen molar-refractivity contribution in [3.63, 3.8) is 0 Å². The van der Waals surface area contributed by atoms with Crippen LogP contribution in [0.3, 0.4) is 0 Å². The van der Waals surface area contributed by atoms with Crippen molar-refractivity contribution >= 4 is 17.4 Å². The number of anilines is 1. The molecule has 0 spiro atoms. The fourth-order valence-corrected chi connectivity index (χ4v) is 2.97. The van der Waals surface area contributed by atoms with Crippen molar-refractivity contribution in [2.45, 2.75) is 38.6 Å². The molecule has 0 aliphatic heterocycles. The normalized spacial score (nSPS) is 17.4. The predicted molar refractivity (Wildman–Crippen MR) is 80.1 cm³/mol. The molecule has 4 nitrogen and oxygen atoms in total. The summed E-state index contributed by atoms with van der Waals surface area (Å²) in [6.07, 6.45) is 3.78. The molecule has 0 N–H and O–H groups in total. The zero-order valence-electron chi connectivity index (χ0n) is 12.5. The highest BCUT2D eigenvalue weighted by atomic mass is 35.5. The maximum Gasteiger partial charge on any atom is 0.171 e. The Kier molecular flexibility index (Phi) is 4.02. The standard InChI is InChI=1S/C14H23ClN4/c1-10-11(2)17-13(12(15)16-10)19(5)9-14(18(3)4)7-6-8-14/h6-9H2,1-5H3. The summed E-state index contributed by atoms with van der Waals surface area (Å²) in [5.41, 5.74) is 2.10. The van der Waals surface area contributed by atoms with E-state index in [2.05, 4.69) is 33.9 Å². The minimum Gasteiger partial charge on any atom is -0.355 e. The molecule has 106 valence electrons. The van der Waals surface area contributed by atoms with Crippen molar-refractivity contribution in [1.29, 1.82) is 0 Å². The molecular weight excluding hydrogens is 260 g/mol. The van der Waals surface area contributed by atoms with Crippen LogP contribution in [0, 0.1) is 13.8 Å². The van der Waals surface area contributed by atoms with Gasteiger partial charge in [0.1, 0.15) is 0 Å². The van der Waals surface area contributed by atoms with Crippen molar-refractivity contribution < 1.29 is 0 Å². The SMILES string of the molecule is Cc1nc(Cl)c(N(C)CC2(N(C)C)CCC2)nc1C. The van der Waals surface area contributed by atoms with Crippen LogP contribution in [-0.4, -0.2) is 48.1 Å². The van der Waals surface area contributed by atoms with E-state index in [4.69, 9.17) is 11.6 Å². The molecule has 0 radical (unpaired) electrons.